The zero-order valence-corrected chi connectivity index (χ0v) is 12.0. The van der Waals surface area contributed by atoms with E-state index in [1.807, 2.05) is 0 Å². The summed E-state index contributed by atoms with van der Waals surface area (Å²) in [5.41, 5.74) is -0.427. The Morgan fingerprint density at radius 1 is 1.25 bits per heavy atom. The van der Waals surface area contributed by atoms with Crippen molar-refractivity contribution in [3.8, 4) is 11.6 Å². The molecule has 3 rings (SSSR count). The summed E-state index contributed by atoms with van der Waals surface area (Å²) in [7, 11) is 0. The van der Waals surface area contributed by atoms with Gasteiger partial charge in [0.15, 0.2) is 12.3 Å². The van der Waals surface area contributed by atoms with Crippen LogP contribution in [0, 0.1) is 0 Å². The number of hydrogen-bond donors (Lipinski definition) is 1. The summed E-state index contributed by atoms with van der Waals surface area (Å²) in [5, 5.41) is 13.2. The second-order valence-electron chi connectivity index (χ2n) is 4.82. The van der Waals surface area contributed by atoms with Crippen molar-refractivity contribution in [2.75, 3.05) is 6.61 Å². The summed E-state index contributed by atoms with van der Waals surface area (Å²) in [6.07, 6.45) is -3.04. The maximum Gasteiger partial charge on any atom is 0.416 e. The molecule has 9 heteroatoms. The molecule has 0 aliphatic heterocycles. The molecule has 6 nitrogen and oxygen atoms in total. The number of nitrogens with zero attached hydrogens (tertiary/aromatic N) is 3. The van der Waals surface area contributed by atoms with Crippen LogP contribution in [0.3, 0.4) is 0 Å². The van der Waals surface area contributed by atoms with Gasteiger partial charge in [0.25, 0.3) is 0 Å². The number of halogens is 3. The zero-order chi connectivity index (χ0) is 17.3. The molecule has 1 N–H and O–H groups in total. The molecule has 0 radical (unpaired) electrons. The van der Waals surface area contributed by atoms with E-state index in [1.54, 1.807) is 12.1 Å². The van der Waals surface area contributed by atoms with Gasteiger partial charge in [-0.3, -0.25) is 0 Å². The van der Waals surface area contributed by atoms with E-state index < -0.39 is 24.3 Å². The standard InChI is InChI=1S/C15H10F3N3O3/c16-15(17,18)9-3-1-4-10(7-9)21-13-11(5-2-6-19-13)14(20-21)24-8-12(22)23/h1-7H,8H2,(H,22,23). The molecule has 0 aliphatic carbocycles. The van der Waals surface area contributed by atoms with Crippen molar-refractivity contribution in [3.05, 3.63) is 48.2 Å². The van der Waals surface area contributed by atoms with E-state index in [0.717, 1.165) is 12.1 Å². The van der Waals surface area contributed by atoms with Gasteiger partial charge in [0.2, 0.25) is 5.88 Å². The Balaban J connectivity index is 2.11. The summed E-state index contributed by atoms with van der Waals surface area (Å²) in [6.45, 7) is -0.621. The molecule has 3 aromatic rings. The Hall–Kier alpha value is -3.10. The van der Waals surface area contributed by atoms with Gasteiger partial charge in [-0.2, -0.15) is 13.2 Å². The van der Waals surface area contributed by atoms with E-state index in [2.05, 4.69) is 10.1 Å². The molecule has 2 aromatic heterocycles. The molecular weight excluding hydrogens is 327 g/mol. The van der Waals surface area contributed by atoms with Crippen LogP contribution in [0.15, 0.2) is 42.6 Å². The van der Waals surface area contributed by atoms with Gasteiger partial charge < -0.3 is 9.84 Å². The monoisotopic (exact) mass is 337 g/mol. The van der Waals surface area contributed by atoms with Gasteiger partial charge in [0.1, 0.15) is 0 Å². The highest BCUT2D eigenvalue weighted by molar-refractivity contribution is 5.83. The van der Waals surface area contributed by atoms with Crippen molar-refractivity contribution in [3.63, 3.8) is 0 Å². The number of aliphatic carboxylic acids is 1. The minimum absolute atomic E-state index is 0.0158. The van der Waals surface area contributed by atoms with Gasteiger partial charge in [-0.05, 0) is 30.3 Å². The third-order valence-electron chi connectivity index (χ3n) is 3.16. The lowest BCUT2D eigenvalue weighted by Crippen LogP contribution is -2.10. The molecule has 0 spiro atoms. The number of alkyl halides is 3. The minimum atomic E-state index is -4.49. The van der Waals surface area contributed by atoms with Crippen LogP contribution < -0.4 is 4.74 Å². The van der Waals surface area contributed by atoms with E-state index in [9.17, 15) is 18.0 Å². The van der Waals surface area contributed by atoms with Gasteiger partial charge in [-0.15, -0.1) is 5.10 Å². The third-order valence-corrected chi connectivity index (χ3v) is 3.16. The number of rotatable bonds is 4. The smallest absolute Gasteiger partial charge is 0.416 e. The minimum Gasteiger partial charge on any atom is -0.479 e. The molecule has 0 aliphatic rings. The molecule has 0 amide bonds. The average molecular weight is 337 g/mol. The highest BCUT2D eigenvalue weighted by Crippen LogP contribution is 2.32. The fourth-order valence-corrected chi connectivity index (χ4v) is 2.16. The normalized spacial score (nSPS) is 11.6. The van der Waals surface area contributed by atoms with E-state index >= 15 is 0 Å². The molecule has 0 bridgehead atoms. The number of fused-ring (bicyclic) bond motifs is 1. The average Bonchev–Trinajstić information content (AvgIpc) is 2.91. The van der Waals surface area contributed by atoms with Crippen LogP contribution in [0.5, 0.6) is 5.88 Å². The van der Waals surface area contributed by atoms with Gasteiger partial charge in [-0.1, -0.05) is 6.07 Å². The summed E-state index contributed by atoms with van der Waals surface area (Å²) in [6, 6.07) is 7.76. The SMILES string of the molecule is O=C(O)COc1nn(-c2cccc(C(F)(F)F)c2)c2ncccc12. The van der Waals surface area contributed by atoms with Crippen molar-refractivity contribution in [1.29, 1.82) is 0 Å². The van der Waals surface area contributed by atoms with Crippen LogP contribution in [-0.4, -0.2) is 32.4 Å². The lowest BCUT2D eigenvalue weighted by molar-refractivity contribution is -0.139. The zero-order valence-electron chi connectivity index (χ0n) is 12.0. The Bertz CT molecular complexity index is 906. The molecule has 124 valence electrons. The second kappa shape index (κ2) is 5.84. The lowest BCUT2D eigenvalue weighted by atomic mass is 10.2. The van der Waals surface area contributed by atoms with Crippen LogP contribution in [0.1, 0.15) is 5.56 Å². The number of carboxylic acids is 1. The molecule has 0 atom stereocenters. The maximum absolute atomic E-state index is 12.9. The first-order valence-corrected chi connectivity index (χ1v) is 6.72. The Labute approximate surface area is 133 Å². The number of carboxylic acid groups (broad SMARTS) is 1. The van der Waals surface area contributed by atoms with Gasteiger partial charge in [0, 0.05) is 6.20 Å². The van der Waals surface area contributed by atoms with E-state index in [-0.39, 0.29) is 17.2 Å². The van der Waals surface area contributed by atoms with Gasteiger partial charge >= 0.3 is 12.1 Å². The van der Waals surface area contributed by atoms with Crippen LogP contribution in [-0.2, 0) is 11.0 Å². The Kier molecular flexibility index (Phi) is 3.84. The highest BCUT2D eigenvalue weighted by atomic mass is 19.4. The summed E-state index contributed by atoms with van der Waals surface area (Å²) in [4.78, 5) is 14.7. The number of ether oxygens (including phenoxy) is 1. The first-order valence-electron chi connectivity index (χ1n) is 6.72. The van der Waals surface area contributed by atoms with E-state index in [1.165, 1.54) is 23.0 Å². The molecule has 2 heterocycles. The first-order chi connectivity index (χ1) is 11.4. The van der Waals surface area contributed by atoms with Crippen molar-refractivity contribution in [2.24, 2.45) is 0 Å². The Morgan fingerprint density at radius 2 is 2.04 bits per heavy atom. The molecule has 0 saturated carbocycles. The molecular formula is C15H10F3N3O3. The molecule has 0 fully saturated rings. The number of hydrogen-bond acceptors (Lipinski definition) is 4. The van der Waals surface area contributed by atoms with Crippen molar-refractivity contribution >= 4 is 17.0 Å². The summed E-state index contributed by atoms with van der Waals surface area (Å²) >= 11 is 0. The second-order valence-corrected chi connectivity index (χ2v) is 4.82. The quantitative estimate of drug-likeness (QED) is 0.792. The topological polar surface area (TPSA) is 77.2 Å². The molecule has 24 heavy (non-hydrogen) atoms. The van der Waals surface area contributed by atoms with Crippen LogP contribution in [0.2, 0.25) is 0 Å². The van der Waals surface area contributed by atoms with Gasteiger partial charge in [0.05, 0.1) is 16.6 Å². The third kappa shape index (κ3) is 3.00. The number of carbonyl (C=O) groups is 1. The maximum atomic E-state index is 12.9. The Morgan fingerprint density at radius 3 is 2.75 bits per heavy atom. The highest BCUT2D eigenvalue weighted by Gasteiger charge is 2.30. The fraction of sp³-hybridized carbons (Fsp3) is 0.133. The van der Waals surface area contributed by atoms with Gasteiger partial charge in [-0.25, -0.2) is 14.5 Å². The molecule has 0 saturated heterocycles. The lowest BCUT2D eigenvalue weighted by Gasteiger charge is -2.08. The fourth-order valence-electron chi connectivity index (χ4n) is 2.16. The predicted octanol–water partition coefficient (Wildman–Crippen LogP) is 2.90. The van der Waals surface area contributed by atoms with Crippen molar-refractivity contribution in [2.45, 2.75) is 6.18 Å². The summed E-state index contributed by atoms with van der Waals surface area (Å²) < 4.78 is 44.9. The largest absolute Gasteiger partial charge is 0.479 e. The van der Waals surface area contributed by atoms with Crippen molar-refractivity contribution < 1.29 is 27.8 Å². The predicted molar refractivity (Wildman–Crippen MR) is 77.0 cm³/mol. The molecule has 1 aromatic carbocycles. The van der Waals surface area contributed by atoms with Crippen molar-refractivity contribution in [1.82, 2.24) is 14.8 Å². The molecule has 0 unspecified atom stereocenters. The number of benzene rings is 1. The first kappa shape index (κ1) is 15.8. The number of aromatic nitrogens is 3. The van der Waals surface area contributed by atoms with Crippen LogP contribution in [0.25, 0.3) is 16.7 Å². The van der Waals surface area contributed by atoms with E-state index in [4.69, 9.17) is 9.84 Å². The summed E-state index contributed by atoms with van der Waals surface area (Å²) in [5.74, 6) is -1.21. The van der Waals surface area contributed by atoms with E-state index in [0.29, 0.717) is 5.39 Å². The van der Waals surface area contributed by atoms with Crippen LogP contribution >= 0.6 is 0 Å². The number of pyridine rings is 1. The van der Waals surface area contributed by atoms with Crippen LogP contribution in [0.4, 0.5) is 13.2 Å².